The average Bonchev–Trinajstić information content (AvgIpc) is 2.54. The Morgan fingerprint density at radius 3 is 2.56 bits per heavy atom. The molecule has 1 aromatic rings. The van der Waals surface area contributed by atoms with Crippen molar-refractivity contribution in [1.82, 2.24) is 4.90 Å². The van der Waals surface area contributed by atoms with Gasteiger partial charge in [0.2, 0.25) is 0 Å². The molecule has 8 heteroatoms. The third-order valence-corrected chi connectivity index (χ3v) is 3.74. The molecule has 1 heterocycles. The first-order valence-corrected chi connectivity index (χ1v) is 8.21. The lowest BCUT2D eigenvalue weighted by molar-refractivity contribution is -0.384. The number of nitro groups is 1. The topological polar surface area (TPSA) is 85.1 Å². The van der Waals surface area contributed by atoms with Crippen molar-refractivity contribution in [3.8, 4) is 0 Å². The Hall–Kier alpha value is -2.35. The second-order valence-electron chi connectivity index (χ2n) is 7.01. The normalized spacial score (nSPS) is 15.0. The zero-order chi connectivity index (χ0) is 18.6. The highest BCUT2D eigenvalue weighted by Crippen LogP contribution is 2.27. The maximum Gasteiger partial charge on any atom is 0.410 e. The van der Waals surface area contributed by atoms with Crippen LogP contribution < -0.4 is 4.90 Å². The number of hydrogen-bond acceptors (Lipinski definition) is 6. The third-order valence-electron chi connectivity index (χ3n) is 3.74. The molecule has 0 atom stereocenters. The number of nitrogens with zero attached hydrogens (tertiary/aromatic N) is 3. The molecule has 0 aromatic heterocycles. The second kappa shape index (κ2) is 7.69. The standard InChI is InChI=1S/C17H25N3O5/c1-17(2,3)25-16(21)18(4)12-13-11-14(20(22)23)5-6-15(13)19-7-9-24-10-8-19/h5-6,11H,7-10,12H2,1-4H3. The van der Waals surface area contributed by atoms with Gasteiger partial charge in [0.1, 0.15) is 5.60 Å². The van der Waals surface area contributed by atoms with Crippen molar-refractivity contribution in [3.63, 3.8) is 0 Å². The van der Waals surface area contributed by atoms with E-state index in [2.05, 4.69) is 4.90 Å². The summed E-state index contributed by atoms with van der Waals surface area (Å²) in [6.07, 6.45) is -0.466. The maximum atomic E-state index is 12.2. The molecule has 1 saturated heterocycles. The quantitative estimate of drug-likeness (QED) is 0.612. The van der Waals surface area contributed by atoms with E-state index in [0.717, 1.165) is 5.69 Å². The van der Waals surface area contributed by atoms with Gasteiger partial charge in [-0.05, 0) is 26.8 Å². The lowest BCUT2D eigenvalue weighted by Gasteiger charge is -2.31. The van der Waals surface area contributed by atoms with Gasteiger partial charge in [0, 0.05) is 43.5 Å². The molecule has 1 aliphatic rings. The van der Waals surface area contributed by atoms with Gasteiger partial charge in [-0.25, -0.2) is 4.79 Å². The van der Waals surface area contributed by atoms with Gasteiger partial charge in [0.25, 0.3) is 5.69 Å². The number of benzene rings is 1. The molecular weight excluding hydrogens is 326 g/mol. The Morgan fingerprint density at radius 2 is 2.00 bits per heavy atom. The highest BCUT2D eigenvalue weighted by Gasteiger charge is 2.23. The molecule has 0 N–H and O–H groups in total. The fourth-order valence-electron chi connectivity index (χ4n) is 2.58. The number of rotatable bonds is 4. The predicted molar refractivity (Wildman–Crippen MR) is 93.8 cm³/mol. The first-order valence-electron chi connectivity index (χ1n) is 8.21. The number of morpholine rings is 1. The van der Waals surface area contributed by atoms with Crippen LogP contribution in [0.15, 0.2) is 18.2 Å². The molecule has 0 unspecified atom stereocenters. The summed E-state index contributed by atoms with van der Waals surface area (Å²) in [5.41, 5.74) is 1.000. The molecule has 1 amide bonds. The zero-order valence-corrected chi connectivity index (χ0v) is 15.2. The van der Waals surface area contributed by atoms with Gasteiger partial charge in [-0.2, -0.15) is 0 Å². The minimum absolute atomic E-state index is 0.00426. The van der Waals surface area contributed by atoms with E-state index in [-0.39, 0.29) is 12.2 Å². The van der Waals surface area contributed by atoms with Crippen molar-refractivity contribution in [2.24, 2.45) is 0 Å². The van der Waals surface area contributed by atoms with Crippen molar-refractivity contribution >= 4 is 17.5 Å². The van der Waals surface area contributed by atoms with Crippen LogP contribution in [0, 0.1) is 10.1 Å². The number of non-ortho nitro benzene ring substituents is 1. The Morgan fingerprint density at radius 1 is 1.36 bits per heavy atom. The van der Waals surface area contributed by atoms with Gasteiger partial charge in [-0.3, -0.25) is 10.1 Å². The summed E-state index contributed by atoms with van der Waals surface area (Å²) in [6, 6.07) is 4.75. The molecule has 138 valence electrons. The molecule has 0 saturated carbocycles. The minimum atomic E-state index is -0.596. The van der Waals surface area contributed by atoms with E-state index in [4.69, 9.17) is 9.47 Å². The lowest BCUT2D eigenvalue weighted by Crippen LogP contribution is -2.38. The highest BCUT2D eigenvalue weighted by atomic mass is 16.6. The van der Waals surface area contributed by atoms with Crippen molar-refractivity contribution in [2.45, 2.75) is 32.9 Å². The van der Waals surface area contributed by atoms with E-state index in [9.17, 15) is 14.9 Å². The van der Waals surface area contributed by atoms with Gasteiger partial charge in [-0.1, -0.05) is 0 Å². The largest absolute Gasteiger partial charge is 0.444 e. The fraction of sp³-hybridized carbons (Fsp3) is 0.588. The summed E-state index contributed by atoms with van der Waals surface area (Å²) < 4.78 is 10.7. The van der Waals surface area contributed by atoms with Gasteiger partial charge in [0.05, 0.1) is 24.7 Å². The SMILES string of the molecule is CN(Cc1cc([N+](=O)[O-])ccc1N1CCOCC1)C(=O)OC(C)(C)C. The van der Waals surface area contributed by atoms with Crippen molar-refractivity contribution in [3.05, 3.63) is 33.9 Å². The summed E-state index contributed by atoms with van der Waals surface area (Å²) >= 11 is 0. The summed E-state index contributed by atoms with van der Waals surface area (Å²) in [5.74, 6) is 0. The van der Waals surface area contributed by atoms with E-state index in [1.54, 1.807) is 33.9 Å². The van der Waals surface area contributed by atoms with Crippen LogP contribution in [0.1, 0.15) is 26.3 Å². The molecule has 25 heavy (non-hydrogen) atoms. The molecular formula is C17H25N3O5. The highest BCUT2D eigenvalue weighted by molar-refractivity contribution is 5.68. The number of nitro benzene ring substituents is 1. The Balaban J connectivity index is 2.24. The van der Waals surface area contributed by atoms with Gasteiger partial charge >= 0.3 is 6.09 Å². The smallest absolute Gasteiger partial charge is 0.410 e. The molecule has 0 radical (unpaired) electrons. The predicted octanol–water partition coefficient (Wildman–Crippen LogP) is 2.80. The Kier molecular flexibility index (Phi) is 5.84. The summed E-state index contributed by atoms with van der Waals surface area (Å²) in [5, 5.41) is 11.1. The summed E-state index contributed by atoms with van der Waals surface area (Å²) in [4.78, 5) is 26.4. The van der Waals surface area contributed by atoms with Crippen LogP contribution in [0.5, 0.6) is 0 Å². The monoisotopic (exact) mass is 351 g/mol. The number of amides is 1. The average molecular weight is 351 g/mol. The van der Waals surface area contributed by atoms with Crippen LogP contribution in [0.4, 0.5) is 16.2 Å². The molecule has 2 rings (SSSR count). The molecule has 1 aliphatic heterocycles. The number of hydrogen-bond donors (Lipinski definition) is 0. The summed E-state index contributed by atoms with van der Waals surface area (Å²) in [6.45, 7) is 8.25. The van der Waals surface area contributed by atoms with Crippen LogP contribution in [0.25, 0.3) is 0 Å². The third kappa shape index (κ3) is 5.32. The molecule has 1 fully saturated rings. The second-order valence-corrected chi connectivity index (χ2v) is 7.01. The van der Waals surface area contributed by atoms with Crippen molar-refractivity contribution < 1.29 is 19.2 Å². The molecule has 0 spiro atoms. The maximum absolute atomic E-state index is 12.2. The Bertz CT molecular complexity index is 636. The van der Waals surface area contributed by atoms with Gasteiger partial charge < -0.3 is 19.3 Å². The van der Waals surface area contributed by atoms with Crippen LogP contribution in [0.3, 0.4) is 0 Å². The fourth-order valence-corrected chi connectivity index (χ4v) is 2.58. The first-order chi connectivity index (χ1) is 11.7. The van der Waals surface area contributed by atoms with Crippen molar-refractivity contribution in [1.29, 1.82) is 0 Å². The minimum Gasteiger partial charge on any atom is -0.444 e. The van der Waals surface area contributed by atoms with Crippen LogP contribution in [0.2, 0.25) is 0 Å². The number of carbonyl (C=O) groups is 1. The summed E-state index contributed by atoms with van der Waals surface area (Å²) in [7, 11) is 1.62. The van der Waals surface area contributed by atoms with Crippen molar-refractivity contribution in [2.75, 3.05) is 38.3 Å². The zero-order valence-electron chi connectivity index (χ0n) is 15.2. The van der Waals surface area contributed by atoms with Gasteiger partial charge in [-0.15, -0.1) is 0 Å². The number of carbonyl (C=O) groups excluding carboxylic acids is 1. The molecule has 1 aromatic carbocycles. The van der Waals surface area contributed by atoms with Crippen LogP contribution in [-0.4, -0.2) is 54.9 Å². The van der Waals surface area contributed by atoms with Gasteiger partial charge in [0.15, 0.2) is 0 Å². The first kappa shape index (κ1) is 19.0. The molecule has 0 aliphatic carbocycles. The van der Waals surface area contributed by atoms with Crippen LogP contribution >= 0.6 is 0 Å². The van der Waals surface area contributed by atoms with E-state index in [1.807, 2.05) is 0 Å². The van der Waals surface area contributed by atoms with E-state index in [1.165, 1.54) is 17.0 Å². The van der Waals surface area contributed by atoms with E-state index >= 15 is 0 Å². The Labute approximate surface area is 147 Å². The lowest BCUT2D eigenvalue weighted by atomic mass is 10.1. The number of anilines is 1. The van der Waals surface area contributed by atoms with E-state index < -0.39 is 16.6 Å². The van der Waals surface area contributed by atoms with Crippen LogP contribution in [-0.2, 0) is 16.0 Å². The number of ether oxygens (including phenoxy) is 2. The molecule has 0 bridgehead atoms. The van der Waals surface area contributed by atoms with E-state index in [0.29, 0.717) is 31.9 Å². The molecule has 8 nitrogen and oxygen atoms in total.